The van der Waals surface area contributed by atoms with E-state index in [4.69, 9.17) is 4.42 Å². The van der Waals surface area contributed by atoms with Crippen molar-refractivity contribution in [2.45, 2.75) is 44.6 Å². The van der Waals surface area contributed by atoms with E-state index >= 15 is 0 Å². The van der Waals surface area contributed by atoms with E-state index < -0.39 is 0 Å². The van der Waals surface area contributed by atoms with Gasteiger partial charge in [0.15, 0.2) is 0 Å². The molecule has 1 atom stereocenters. The van der Waals surface area contributed by atoms with Crippen LogP contribution in [0.3, 0.4) is 0 Å². The van der Waals surface area contributed by atoms with Gasteiger partial charge in [0.1, 0.15) is 11.5 Å². The smallest absolute Gasteiger partial charge is 0.257 e. The topological polar surface area (TPSA) is 75.4 Å². The number of furan rings is 1. The average molecular weight is 353 g/mol. The van der Waals surface area contributed by atoms with Gasteiger partial charge >= 0.3 is 0 Å². The van der Waals surface area contributed by atoms with Crippen LogP contribution in [0.25, 0.3) is 0 Å². The summed E-state index contributed by atoms with van der Waals surface area (Å²) in [5.74, 6) is 1.62. The van der Waals surface area contributed by atoms with Crippen LogP contribution in [-0.4, -0.2) is 40.3 Å². The highest BCUT2D eigenvalue weighted by Crippen LogP contribution is 2.43. The number of aromatic nitrogens is 1. The van der Waals surface area contributed by atoms with Gasteiger partial charge in [-0.15, -0.1) is 0 Å². The van der Waals surface area contributed by atoms with Gasteiger partial charge in [0.05, 0.1) is 11.1 Å². The molecule has 0 aromatic carbocycles. The van der Waals surface area contributed by atoms with Crippen LogP contribution in [0.1, 0.15) is 52.6 Å². The van der Waals surface area contributed by atoms with E-state index in [0.29, 0.717) is 30.8 Å². The number of likely N-dealkylation sites (tertiary alicyclic amines) is 1. The van der Waals surface area contributed by atoms with E-state index in [1.807, 2.05) is 37.1 Å². The zero-order valence-corrected chi connectivity index (χ0v) is 15.1. The molecule has 2 aromatic heterocycles. The summed E-state index contributed by atoms with van der Waals surface area (Å²) in [6.07, 6.45) is 5.58. The predicted molar refractivity (Wildman–Crippen MR) is 95.8 cm³/mol. The van der Waals surface area contributed by atoms with Gasteiger partial charge in [0.25, 0.3) is 5.91 Å². The van der Waals surface area contributed by atoms with Gasteiger partial charge in [-0.3, -0.25) is 14.6 Å². The SMILES string of the molecule is Cc1cc(C(=O)N2CCC3(CC2)NC(=O)CC3c2cccnc2)c(C)o1. The fourth-order valence-electron chi connectivity index (χ4n) is 4.41. The molecule has 0 radical (unpaired) electrons. The zero-order chi connectivity index (χ0) is 18.3. The first kappa shape index (κ1) is 16.8. The van der Waals surface area contributed by atoms with Crippen LogP contribution in [0, 0.1) is 13.8 Å². The highest BCUT2D eigenvalue weighted by Gasteiger charge is 2.49. The number of piperidine rings is 1. The molecule has 0 aliphatic carbocycles. The summed E-state index contributed by atoms with van der Waals surface area (Å²) in [7, 11) is 0. The molecule has 4 heterocycles. The predicted octanol–water partition coefficient (Wildman–Crippen LogP) is 2.57. The molecule has 2 aliphatic rings. The van der Waals surface area contributed by atoms with Crippen LogP contribution in [0.15, 0.2) is 35.0 Å². The van der Waals surface area contributed by atoms with E-state index in [2.05, 4.69) is 10.3 Å². The number of rotatable bonds is 2. The minimum atomic E-state index is -0.280. The molecule has 6 nitrogen and oxygen atoms in total. The Balaban J connectivity index is 1.52. The maximum atomic E-state index is 12.8. The minimum absolute atomic E-state index is 0.0106. The summed E-state index contributed by atoms with van der Waals surface area (Å²) in [6, 6.07) is 5.75. The van der Waals surface area contributed by atoms with Gasteiger partial charge in [-0.05, 0) is 44.4 Å². The molecular formula is C20H23N3O3. The van der Waals surface area contributed by atoms with Crippen LogP contribution >= 0.6 is 0 Å². The number of aryl methyl sites for hydroxylation is 2. The fourth-order valence-corrected chi connectivity index (χ4v) is 4.41. The molecular weight excluding hydrogens is 330 g/mol. The molecule has 1 unspecified atom stereocenters. The summed E-state index contributed by atoms with van der Waals surface area (Å²) >= 11 is 0. The number of amides is 2. The molecule has 0 saturated carbocycles. The maximum Gasteiger partial charge on any atom is 0.257 e. The highest BCUT2D eigenvalue weighted by molar-refractivity contribution is 5.95. The first-order valence-electron chi connectivity index (χ1n) is 9.06. The first-order chi connectivity index (χ1) is 12.5. The van der Waals surface area contributed by atoms with Gasteiger partial charge in [-0.1, -0.05) is 6.07 Å². The number of pyridine rings is 1. The summed E-state index contributed by atoms with van der Waals surface area (Å²) < 4.78 is 5.50. The average Bonchev–Trinajstić information content (AvgIpc) is 3.14. The van der Waals surface area contributed by atoms with Crippen molar-refractivity contribution in [2.75, 3.05) is 13.1 Å². The number of nitrogens with zero attached hydrogens (tertiary/aromatic N) is 2. The summed E-state index contributed by atoms with van der Waals surface area (Å²) in [4.78, 5) is 31.1. The van der Waals surface area contributed by atoms with Gasteiger partial charge < -0.3 is 14.6 Å². The van der Waals surface area contributed by atoms with Crippen molar-refractivity contribution in [1.82, 2.24) is 15.2 Å². The summed E-state index contributed by atoms with van der Waals surface area (Å²) in [5, 5.41) is 3.21. The molecule has 4 rings (SSSR count). The van der Waals surface area contributed by atoms with E-state index in [9.17, 15) is 9.59 Å². The second-order valence-electron chi connectivity index (χ2n) is 7.37. The Bertz CT molecular complexity index is 835. The highest BCUT2D eigenvalue weighted by atomic mass is 16.3. The number of carbonyl (C=O) groups excluding carboxylic acids is 2. The lowest BCUT2D eigenvalue weighted by atomic mass is 9.74. The van der Waals surface area contributed by atoms with Gasteiger partial charge in [0, 0.05) is 37.8 Å². The second-order valence-corrected chi connectivity index (χ2v) is 7.37. The Labute approximate surface area is 152 Å². The molecule has 2 aromatic rings. The molecule has 6 heteroatoms. The van der Waals surface area contributed by atoms with Gasteiger partial charge in [0.2, 0.25) is 5.91 Å². The quantitative estimate of drug-likeness (QED) is 0.900. The van der Waals surface area contributed by atoms with Crippen molar-refractivity contribution in [2.24, 2.45) is 0 Å². The van der Waals surface area contributed by atoms with Crippen molar-refractivity contribution in [3.05, 3.63) is 53.2 Å². The van der Waals surface area contributed by atoms with E-state index in [0.717, 1.165) is 24.2 Å². The van der Waals surface area contributed by atoms with E-state index in [1.165, 1.54) is 0 Å². The molecule has 2 saturated heterocycles. The number of nitrogens with one attached hydrogen (secondary N) is 1. The van der Waals surface area contributed by atoms with Crippen LogP contribution < -0.4 is 5.32 Å². The van der Waals surface area contributed by atoms with Crippen molar-refractivity contribution in [1.29, 1.82) is 0 Å². The standard InChI is InChI=1S/C20H23N3O3/c1-13-10-16(14(2)26-13)19(25)23-8-5-20(6-9-23)17(11-18(24)22-20)15-4-3-7-21-12-15/h3-4,7,10,12,17H,5-6,8-9,11H2,1-2H3,(H,22,24). The fraction of sp³-hybridized carbons (Fsp3) is 0.450. The van der Waals surface area contributed by atoms with Crippen molar-refractivity contribution in [3.63, 3.8) is 0 Å². The second kappa shape index (κ2) is 6.27. The molecule has 26 heavy (non-hydrogen) atoms. The molecule has 1 N–H and O–H groups in total. The Morgan fingerprint density at radius 1 is 1.35 bits per heavy atom. The normalized spacial score (nSPS) is 21.8. The monoisotopic (exact) mass is 353 g/mol. The number of hydrogen-bond acceptors (Lipinski definition) is 4. The lowest BCUT2D eigenvalue weighted by molar-refractivity contribution is -0.120. The zero-order valence-electron chi connectivity index (χ0n) is 15.1. The van der Waals surface area contributed by atoms with E-state index in [1.54, 1.807) is 12.3 Å². The largest absolute Gasteiger partial charge is 0.466 e. The first-order valence-corrected chi connectivity index (χ1v) is 9.06. The molecule has 0 bridgehead atoms. The van der Waals surface area contributed by atoms with Crippen molar-refractivity contribution < 1.29 is 14.0 Å². The van der Waals surface area contributed by atoms with Crippen molar-refractivity contribution >= 4 is 11.8 Å². The van der Waals surface area contributed by atoms with Crippen LogP contribution in [0.4, 0.5) is 0 Å². The van der Waals surface area contributed by atoms with E-state index in [-0.39, 0.29) is 23.3 Å². The molecule has 2 amide bonds. The Hall–Kier alpha value is -2.63. The Morgan fingerprint density at radius 2 is 2.12 bits per heavy atom. The molecule has 136 valence electrons. The summed E-state index contributed by atoms with van der Waals surface area (Å²) in [6.45, 7) is 4.92. The third kappa shape index (κ3) is 2.79. The lowest BCUT2D eigenvalue weighted by Gasteiger charge is -2.42. The van der Waals surface area contributed by atoms with Crippen molar-refractivity contribution in [3.8, 4) is 0 Å². The number of carbonyl (C=O) groups is 2. The third-order valence-corrected chi connectivity index (χ3v) is 5.75. The third-order valence-electron chi connectivity index (χ3n) is 5.75. The molecule has 2 aliphatic heterocycles. The maximum absolute atomic E-state index is 12.8. The lowest BCUT2D eigenvalue weighted by Crippen LogP contribution is -2.54. The Kier molecular flexibility index (Phi) is 4.05. The van der Waals surface area contributed by atoms with Gasteiger partial charge in [-0.25, -0.2) is 0 Å². The molecule has 1 spiro atoms. The van der Waals surface area contributed by atoms with Gasteiger partial charge in [-0.2, -0.15) is 0 Å². The minimum Gasteiger partial charge on any atom is -0.466 e. The molecule has 2 fully saturated rings. The van der Waals surface area contributed by atoms with Crippen LogP contribution in [-0.2, 0) is 4.79 Å². The summed E-state index contributed by atoms with van der Waals surface area (Å²) in [5.41, 5.74) is 1.45. The van der Waals surface area contributed by atoms with Crippen LogP contribution in [0.2, 0.25) is 0 Å². The van der Waals surface area contributed by atoms with Crippen LogP contribution in [0.5, 0.6) is 0 Å². The number of hydrogen-bond donors (Lipinski definition) is 1. The Morgan fingerprint density at radius 3 is 2.73 bits per heavy atom.